The zero-order valence-electron chi connectivity index (χ0n) is 9.83. The molecule has 2 rings (SSSR count). The summed E-state index contributed by atoms with van der Waals surface area (Å²) in [7, 11) is 2.18. The molecule has 0 aliphatic carbocycles. The first-order valence-electron chi connectivity index (χ1n) is 5.73. The van der Waals surface area contributed by atoms with Crippen LogP contribution in [0, 0.1) is 6.92 Å². The predicted molar refractivity (Wildman–Crippen MR) is 70.8 cm³/mol. The topological polar surface area (TPSA) is 28.2 Å². The molecule has 3 nitrogen and oxygen atoms in total. The van der Waals surface area contributed by atoms with Gasteiger partial charge in [-0.05, 0) is 67.5 Å². The highest BCUT2D eigenvalue weighted by atomic mass is 79.9. The van der Waals surface area contributed by atoms with Gasteiger partial charge in [-0.25, -0.2) is 4.98 Å². The SMILES string of the molecule is Cc1ccnc(NC2CCN(C)CC2)c1Br. The summed E-state index contributed by atoms with van der Waals surface area (Å²) in [6, 6.07) is 2.57. The van der Waals surface area contributed by atoms with Gasteiger partial charge >= 0.3 is 0 Å². The van der Waals surface area contributed by atoms with Gasteiger partial charge in [0, 0.05) is 12.2 Å². The molecule has 0 spiro atoms. The molecule has 0 atom stereocenters. The van der Waals surface area contributed by atoms with E-state index >= 15 is 0 Å². The smallest absolute Gasteiger partial charge is 0.140 e. The second kappa shape index (κ2) is 5.15. The van der Waals surface area contributed by atoms with Crippen LogP contribution in [-0.2, 0) is 0 Å². The van der Waals surface area contributed by atoms with E-state index in [0.717, 1.165) is 10.3 Å². The highest BCUT2D eigenvalue weighted by molar-refractivity contribution is 9.10. The number of piperidine rings is 1. The Morgan fingerprint density at radius 2 is 2.12 bits per heavy atom. The third-order valence-corrected chi connectivity index (χ3v) is 4.14. The highest BCUT2D eigenvalue weighted by Gasteiger charge is 2.17. The van der Waals surface area contributed by atoms with E-state index in [-0.39, 0.29) is 0 Å². The molecule has 16 heavy (non-hydrogen) atoms. The van der Waals surface area contributed by atoms with E-state index < -0.39 is 0 Å². The Labute approximate surface area is 105 Å². The van der Waals surface area contributed by atoms with Crippen LogP contribution in [0.1, 0.15) is 18.4 Å². The van der Waals surface area contributed by atoms with E-state index in [4.69, 9.17) is 0 Å². The van der Waals surface area contributed by atoms with Crippen molar-refractivity contribution in [2.45, 2.75) is 25.8 Å². The molecule has 4 heteroatoms. The number of halogens is 1. The first-order chi connectivity index (χ1) is 7.66. The Morgan fingerprint density at radius 3 is 2.81 bits per heavy atom. The number of hydrogen-bond acceptors (Lipinski definition) is 3. The van der Waals surface area contributed by atoms with E-state index in [2.05, 4.69) is 45.1 Å². The lowest BCUT2D eigenvalue weighted by molar-refractivity contribution is 0.263. The van der Waals surface area contributed by atoms with Crippen molar-refractivity contribution >= 4 is 21.7 Å². The van der Waals surface area contributed by atoms with Gasteiger partial charge in [-0.15, -0.1) is 0 Å². The summed E-state index contributed by atoms with van der Waals surface area (Å²) in [6.45, 7) is 4.42. The number of hydrogen-bond donors (Lipinski definition) is 1. The second-order valence-electron chi connectivity index (χ2n) is 4.51. The zero-order chi connectivity index (χ0) is 11.5. The molecule has 2 heterocycles. The van der Waals surface area contributed by atoms with Crippen molar-refractivity contribution in [3.8, 4) is 0 Å². The molecular formula is C12H18BrN3. The fourth-order valence-electron chi connectivity index (χ4n) is 1.99. The van der Waals surface area contributed by atoms with Gasteiger partial charge in [0.1, 0.15) is 5.82 Å². The van der Waals surface area contributed by atoms with Crippen LogP contribution in [0.3, 0.4) is 0 Å². The largest absolute Gasteiger partial charge is 0.366 e. The van der Waals surface area contributed by atoms with Gasteiger partial charge in [0.05, 0.1) is 4.47 Å². The fraction of sp³-hybridized carbons (Fsp3) is 0.583. The minimum Gasteiger partial charge on any atom is -0.366 e. The van der Waals surface area contributed by atoms with Gasteiger partial charge in [0.2, 0.25) is 0 Å². The molecule has 1 aliphatic heterocycles. The lowest BCUT2D eigenvalue weighted by Gasteiger charge is -2.30. The summed E-state index contributed by atoms with van der Waals surface area (Å²) in [4.78, 5) is 6.75. The van der Waals surface area contributed by atoms with Gasteiger partial charge < -0.3 is 10.2 Å². The van der Waals surface area contributed by atoms with Crippen molar-refractivity contribution in [1.29, 1.82) is 0 Å². The fourth-order valence-corrected chi connectivity index (χ4v) is 2.34. The average molecular weight is 284 g/mol. The number of aryl methyl sites for hydroxylation is 1. The Morgan fingerprint density at radius 1 is 1.44 bits per heavy atom. The van der Waals surface area contributed by atoms with Crippen molar-refractivity contribution in [2.75, 3.05) is 25.5 Å². The lowest BCUT2D eigenvalue weighted by Crippen LogP contribution is -2.36. The molecule has 88 valence electrons. The monoisotopic (exact) mass is 283 g/mol. The molecule has 0 bridgehead atoms. The summed E-state index contributed by atoms with van der Waals surface area (Å²) < 4.78 is 1.09. The molecule has 1 aliphatic rings. The van der Waals surface area contributed by atoms with E-state index in [1.807, 2.05) is 12.3 Å². The van der Waals surface area contributed by atoms with Crippen LogP contribution in [0.25, 0.3) is 0 Å². The summed E-state index contributed by atoms with van der Waals surface area (Å²) >= 11 is 3.58. The van der Waals surface area contributed by atoms with Gasteiger partial charge in [-0.2, -0.15) is 0 Å². The Hall–Kier alpha value is -0.610. The van der Waals surface area contributed by atoms with Crippen molar-refractivity contribution in [3.05, 3.63) is 22.3 Å². The molecule has 0 saturated carbocycles. The molecule has 0 unspecified atom stereocenters. The van der Waals surface area contributed by atoms with Crippen LogP contribution >= 0.6 is 15.9 Å². The number of nitrogens with zero attached hydrogens (tertiary/aromatic N) is 2. The Balaban J connectivity index is 2.01. The predicted octanol–water partition coefficient (Wildman–Crippen LogP) is 2.66. The van der Waals surface area contributed by atoms with E-state index in [9.17, 15) is 0 Å². The maximum absolute atomic E-state index is 4.38. The van der Waals surface area contributed by atoms with Crippen molar-refractivity contribution in [1.82, 2.24) is 9.88 Å². The molecule has 1 fully saturated rings. The first kappa shape index (κ1) is 11.9. The van der Waals surface area contributed by atoms with Crippen LogP contribution < -0.4 is 5.32 Å². The van der Waals surface area contributed by atoms with Gasteiger partial charge in [0.15, 0.2) is 0 Å². The molecular weight excluding hydrogens is 266 g/mol. The number of rotatable bonds is 2. The van der Waals surface area contributed by atoms with Gasteiger partial charge in [0.25, 0.3) is 0 Å². The number of anilines is 1. The van der Waals surface area contributed by atoms with Gasteiger partial charge in [-0.1, -0.05) is 0 Å². The van der Waals surface area contributed by atoms with Crippen LogP contribution in [0.4, 0.5) is 5.82 Å². The van der Waals surface area contributed by atoms with E-state index in [1.54, 1.807) is 0 Å². The molecule has 0 amide bonds. The summed E-state index contributed by atoms with van der Waals surface area (Å²) in [5, 5.41) is 3.53. The maximum atomic E-state index is 4.38. The van der Waals surface area contributed by atoms with E-state index in [1.165, 1.54) is 31.5 Å². The molecule has 0 aromatic carbocycles. The van der Waals surface area contributed by atoms with Crippen LogP contribution in [0.15, 0.2) is 16.7 Å². The Kier molecular flexibility index (Phi) is 3.82. The minimum atomic E-state index is 0.557. The number of pyridine rings is 1. The lowest BCUT2D eigenvalue weighted by atomic mass is 10.1. The maximum Gasteiger partial charge on any atom is 0.140 e. The van der Waals surface area contributed by atoms with E-state index in [0.29, 0.717) is 6.04 Å². The third kappa shape index (κ3) is 2.74. The normalized spacial score (nSPS) is 18.7. The minimum absolute atomic E-state index is 0.557. The number of aromatic nitrogens is 1. The van der Waals surface area contributed by atoms with Crippen molar-refractivity contribution < 1.29 is 0 Å². The van der Waals surface area contributed by atoms with Crippen LogP contribution in [0.2, 0.25) is 0 Å². The zero-order valence-corrected chi connectivity index (χ0v) is 11.4. The third-order valence-electron chi connectivity index (χ3n) is 3.14. The summed E-state index contributed by atoms with van der Waals surface area (Å²) in [5.74, 6) is 0.981. The quantitative estimate of drug-likeness (QED) is 0.905. The van der Waals surface area contributed by atoms with Crippen molar-refractivity contribution in [2.24, 2.45) is 0 Å². The molecule has 1 aromatic heterocycles. The van der Waals surface area contributed by atoms with Gasteiger partial charge in [-0.3, -0.25) is 0 Å². The summed E-state index contributed by atoms with van der Waals surface area (Å²) in [5.41, 5.74) is 1.23. The standard InChI is InChI=1S/C12H18BrN3/c1-9-3-6-14-12(11(9)13)15-10-4-7-16(2)8-5-10/h3,6,10H,4-5,7-8H2,1-2H3,(H,14,15). The molecule has 0 radical (unpaired) electrons. The van der Waals surface area contributed by atoms with Crippen LogP contribution in [-0.4, -0.2) is 36.1 Å². The molecule has 1 saturated heterocycles. The van der Waals surface area contributed by atoms with Crippen LogP contribution in [0.5, 0.6) is 0 Å². The highest BCUT2D eigenvalue weighted by Crippen LogP contribution is 2.25. The second-order valence-corrected chi connectivity index (χ2v) is 5.31. The molecule has 1 aromatic rings. The average Bonchev–Trinajstić information content (AvgIpc) is 2.28. The first-order valence-corrected chi connectivity index (χ1v) is 6.52. The number of likely N-dealkylation sites (tertiary alicyclic amines) is 1. The molecule has 1 N–H and O–H groups in total. The number of nitrogens with one attached hydrogen (secondary N) is 1. The van der Waals surface area contributed by atoms with Crippen molar-refractivity contribution in [3.63, 3.8) is 0 Å². The Bertz CT molecular complexity index is 359. The summed E-state index contributed by atoms with van der Waals surface area (Å²) in [6.07, 6.45) is 4.24.